The minimum absolute atomic E-state index is 0.0868. The molecule has 0 spiro atoms. The van der Waals surface area contributed by atoms with Crippen molar-refractivity contribution in [1.29, 1.82) is 0 Å². The van der Waals surface area contributed by atoms with Gasteiger partial charge in [0, 0.05) is 49.3 Å². The molecule has 12 heteroatoms. The molecule has 4 bridgehead atoms. The average Bonchev–Trinajstić information content (AvgIpc) is 3.45. The maximum atomic E-state index is 14.8. The Balaban J connectivity index is 1.29. The number of fused-ring (bicyclic) bond motifs is 5. The van der Waals surface area contributed by atoms with Crippen LogP contribution in [0.4, 0.5) is 4.39 Å². The van der Waals surface area contributed by atoms with Gasteiger partial charge in [0.1, 0.15) is 11.6 Å². The fourth-order valence-electron chi connectivity index (χ4n) is 5.14. The molecule has 2 heterocycles. The number of hydrogen-bond donors (Lipinski definition) is 3. The largest absolute Gasteiger partial charge is 0.507 e. The number of phenols is 1. The van der Waals surface area contributed by atoms with Gasteiger partial charge in [-0.2, -0.15) is 4.68 Å². The zero-order valence-electron chi connectivity index (χ0n) is 24.4. The normalized spacial score (nSPS) is 15.0. The van der Waals surface area contributed by atoms with E-state index in [9.17, 15) is 23.9 Å². The first kappa shape index (κ1) is 30.3. The lowest BCUT2D eigenvalue weighted by atomic mass is 9.98. The Kier molecular flexibility index (Phi) is 9.58. The van der Waals surface area contributed by atoms with Crippen LogP contribution in [0.2, 0.25) is 0 Å². The van der Waals surface area contributed by atoms with Gasteiger partial charge in [-0.1, -0.05) is 18.2 Å². The number of nitrogens with zero attached hydrogens (tertiary/aromatic N) is 5. The quantitative estimate of drug-likeness (QED) is 0.329. The van der Waals surface area contributed by atoms with Crippen molar-refractivity contribution in [3.05, 3.63) is 89.0 Å². The van der Waals surface area contributed by atoms with Crippen molar-refractivity contribution >= 4 is 17.7 Å². The number of carbonyl (C=O) groups excluding carboxylic acids is 3. The SMILES string of the molecule is Cc1nnnn1-c1ccc(CC(=O)N2CCCNC(=O)c3ccc(F)c(c3)-c3cc(ccc3O)CCNC(=O)CCC2)cc1. The van der Waals surface area contributed by atoms with E-state index < -0.39 is 5.82 Å². The first-order valence-corrected chi connectivity index (χ1v) is 14.6. The Morgan fingerprint density at radius 1 is 0.932 bits per heavy atom. The number of rotatable bonds is 3. The molecule has 0 saturated heterocycles. The number of amides is 3. The van der Waals surface area contributed by atoms with Gasteiger partial charge in [-0.05, 0) is 90.2 Å². The van der Waals surface area contributed by atoms with Crippen molar-refractivity contribution in [2.75, 3.05) is 26.2 Å². The fraction of sp³-hybridized carbons (Fsp3) is 0.312. The van der Waals surface area contributed by atoms with Crippen molar-refractivity contribution in [2.24, 2.45) is 0 Å². The van der Waals surface area contributed by atoms with Crippen molar-refractivity contribution in [2.45, 2.75) is 39.0 Å². The molecule has 0 aliphatic carbocycles. The lowest BCUT2D eigenvalue weighted by Gasteiger charge is -2.23. The third-order valence-corrected chi connectivity index (χ3v) is 7.55. The van der Waals surface area contributed by atoms with E-state index in [0.29, 0.717) is 44.7 Å². The summed E-state index contributed by atoms with van der Waals surface area (Å²) in [4.78, 5) is 40.6. The molecule has 228 valence electrons. The first-order chi connectivity index (χ1) is 21.3. The Labute approximate surface area is 254 Å². The third kappa shape index (κ3) is 7.44. The van der Waals surface area contributed by atoms with E-state index in [1.807, 2.05) is 24.3 Å². The molecule has 3 N–H and O–H groups in total. The topological polar surface area (TPSA) is 142 Å². The maximum absolute atomic E-state index is 14.8. The van der Waals surface area contributed by atoms with Crippen LogP contribution in [-0.2, 0) is 22.4 Å². The van der Waals surface area contributed by atoms with Crippen molar-refractivity contribution in [3.8, 4) is 22.6 Å². The summed E-state index contributed by atoms with van der Waals surface area (Å²) < 4.78 is 16.4. The molecule has 44 heavy (non-hydrogen) atoms. The van der Waals surface area contributed by atoms with Gasteiger partial charge in [-0.3, -0.25) is 14.4 Å². The lowest BCUT2D eigenvalue weighted by molar-refractivity contribution is -0.131. The summed E-state index contributed by atoms with van der Waals surface area (Å²) in [7, 11) is 0. The van der Waals surface area contributed by atoms with Gasteiger partial charge in [0.2, 0.25) is 11.8 Å². The van der Waals surface area contributed by atoms with Gasteiger partial charge < -0.3 is 20.6 Å². The van der Waals surface area contributed by atoms with Crippen LogP contribution >= 0.6 is 0 Å². The van der Waals surface area contributed by atoms with Gasteiger partial charge in [0.15, 0.2) is 5.82 Å². The standard InChI is InChI=1S/C32H34FN7O4/c1-21-36-37-38-40(21)25-9-5-22(6-10-25)19-31(43)39-16-2-4-30(42)34-15-13-23-7-12-29(41)27(18-23)26-20-24(8-11-28(26)33)32(44)35-14-3-17-39/h5-12,18,20,41H,2-4,13-17,19H2,1H3,(H,34,42)(H,35,44). The Hall–Kier alpha value is -5.13. The highest BCUT2D eigenvalue weighted by Crippen LogP contribution is 2.33. The lowest BCUT2D eigenvalue weighted by Crippen LogP contribution is -2.36. The van der Waals surface area contributed by atoms with E-state index in [1.165, 1.54) is 24.3 Å². The molecule has 0 saturated carbocycles. The van der Waals surface area contributed by atoms with Crippen LogP contribution in [-0.4, -0.2) is 74.1 Å². The minimum Gasteiger partial charge on any atom is -0.507 e. The maximum Gasteiger partial charge on any atom is 0.251 e. The van der Waals surface area contributed by atoms with Crippen LogP contribution in [0, 0.1) is 12.7 Å². The summed E-state index contributed by atoms with van der Waals surface area (Å²) in [6, 6.07) is 16.3. The molecule has 5 rings (SSSR count). The van der Waals surface area contributed by atoms with Crippen LogP contribution in [0.25, 0.3) is 16.8 Å². The second kappa shape index (κ2) is 13.9. The molecule has 4 aromatic rings. The van der Waals surface area contributed by atoms with E-state index in [0.717, 1.165) is 16.8 Å². The molecule has 3 amide bonds. The number of carbonyl (C=O) groups is 3. The van der Waals surface area contributed by atoms with E-state index in [2.05, 4.69) is 26.2 Å². The van der Waals surface area contributed by atoms with Crippen molar-refractivity contribution < 1.29 is 23.9 Å². The summed E-state index contributed by atoms with van der Waals surface area (Å²) in [6.07, 6.45) is 1.86. The zero-order valence-corrected chi connectivity index (χ0v) is 24.4. The average molecular weight is 600 g/mol. The highest BCUT2D eigenvalue weighted by atomic mass is 19.1. The molecule has 1 aromatic heterocycles. The molecule has 0 unspecified atom stereocenters. The smallest absolute Gasteiger partial charge is 0.251 e. The van der Waals surface area contributed by atoms with Crippen LogP contribution in [0.15, 0.2) is 60.7 Å². The molecule has 1 aliphatic heterocycles. The van der Waals surface area contributed by atoms with Crippen LogP contribution < -0.4 is 10.6 Å². The number of phenolic OH excluding ortho intramolecular Hbond substituents is 1. The Bertz CT molecular complexity index is 1650. The number of aromatic nitrogens is 4. The number of tetrazole rings is 1. The number of aryl methyl sites for hydroxylation is 1. The number of hydrogen-bond acceptors (Lipinski definition) is 7. The van der Waals surface area contributed by atoms with Gasteiger partial charge in [-0.25, -0.2) is 4.39 Å². The predicted octanol–water partition coefficient (Wildman–Crippen LogP) is 3.13. The summed E-state index contributed by atoms with van der Waals surface area (Å²) in [5.74, 6) is -0.626. The molecule has 1 aliphatic rings. The monoisotopic (exact) mass is 599 g/mol. The fourth-order valence-corrected chi connectivity index (χ4v) is 5.14. The molecular formula is C32H34FN7O4. The molecular weight excluding hydrogens is 565 g/mol. The van der Waals surface area contributed by atoms with Crippen molar-refractivity contribution in [3.63, 3.8) is 0 Å². The zero-order chi connectivity index (χ0) is 31.1. The van der Waals surface area contributed by atoms with Crippen LogP contribution in [0.5, 0.6) is 5.75 Å². The van der Waals surface area contributed by atoms with E-state index in [1.54, 1.807) is 28.6 Å². The highest BCUT2D eigenvalue weighted by Gasteiger charge is 2.18. The van der Waals surface area contributed by atoms with Gasteiger partial charge >= 0.3 is 0 Å². The number of benzene rings is 3. The minimum atomic E-state index is -0.567. The summed E-state index contributed by atoms with van der Waals surface area (Å²) in [6.45, 7) is 3.23. The molecule has 11 nitrogen and oxygen atoms in total. The predicted molar refractivity (Wildman–Crippen MR) is 161 cm³/mol. The summed E-state index contributed by atoms with van der Waals surface area (Å²) in [5.41, 5.74) is 3.04. The summed E-state index contributed by atoms with van der Waals surface area (Å²) >= 11 is 0. The third-order valence-electron chi connectivity index (χ3n) is 7.55. The van der Waals surface area contributed by atoms with E-state index in [4.69, 9.17) is 0 Å². The van der Waals surface area contributed by atoms with E-state index >= 15 is 0 Å². The molecule has 0 atom stereocenters. The second-order valence-corrected chi connectivity index (χ2v) is 10.7. The van der Waals surface area contributed by atoms with Gasteiger partial charge in [0.05, 0.1) is 12.1 Å². The highest BCUT2D eigenvalue weighted by molar-refractivity contribution is 5.95. The Morgan fingerprint density at radius 2 is 1.73 bits per heavy atom. The van der Waals surface area contributed by atoms with Crippen LogP contribution in [0.1, 0.15) is 46.6 Å². The number of nitrogens with one attached hydrogen (secondary N) is 2. The first-order valence-electron chi connectivity index (χ1n) is 14.6. The Morgan fingerprint density at radius 3 is 2.50 bits per heavy atom. The molecule has 3 aromatic carbocycles. The second-order valence-electron chi connectivity index (χ2n) is 10.7. The van der Waals surface area contributed by atoms with Gasteiger partial charge in [0.25, 0.3) is 5.91 Å². The van der Waals surface area contributed by atoms with Crippen molar-refractivity contribution in [1.82, 2.24) is 35.7 Å². The summed E-state index contributed by atoms with van der Waals surface area (Å²) in [5, 5.41) is 27.7. The number of aromatic hydroxyl groups is 1. The number of halogens is 1. The molecule has 0 radical (unpaired) electrons. The van der Waals surface area contributed by atoms with E-state index in [-0.39, 0.29) is 59.5 Å². The van der Waals surface area contributed by atoms with Crippen LogP contribution in [0.3, 0.4) is 0 Å². The molecule has 0 fully saturated rings. The van der Waals surface area contributed by atoms with Gasteiger partial charge in [-0.15, -0.1) is 5.10 Å².